The zero-order valence-electron chi connectivity index (χ0n) is 16.0. The zero-order valence-corrected chi connectivity index (χ0v) is 19.1. The van der Waals surface area contributed by atoms with Crippen molar-refractivity contribution in [2.24, 2.45) is 10.1 Å². The molecule has 0 atom stereocenters. The molecule has 1 saturated heterocycles. The van der Waals surface area contributed by atoms with E-state index in [0.29, 0.717) is 12.5 Å². The molecule has 1 heterocycles. The van der Waals surface area contributed by atoms with Gasteiger partial charge in [-0.15, -0.1) is 24.0 Å². The number of nitrogens with zero attached hydrogens (tertiary/aromatic N) is 2. The standard InChI is InChI=1S/C18H31N5O2S.HI/c1-20-18(21-10-7-13-23-11-4-2-3-5-12-23)22-15-16-8-6-9-17(14-16)26(19,24)25;/h6,8-9,14H,2-5,7,10-13,15H2,1H3,(H2,19,24,25)(H2,20,21,22);1H. The molecule has 1 fully saturated rings. The highest BCUT2D eigenvalue weighted by Gasteiger charge is 2.09. The van der Waals surface area contributed by atoms with Crippen molar-refractivity contribution >= 4 is 40.0 Å². The van der Waals surface area contributed by atoms with Gasteiger partial charge in [-0.1, -0.05) is 25.0 Å². The topological polar surface area (TPSA) is 99.8 Å². The molecule has 1 aromatic carbocycles. The Labute approximate surface area is 180 Å². The molecule has 2 rings (SSSR count). The van der Waals surface area contributed by atoms with Gasteiger partial charge in [-0.25, -0.2) is 13.6 Å². The molecule has 9 heteroatoms. The second kappa shape index (κ2) is 12.5. The van der Waals surface area contributed by atoms with Crippen LogP contribution >= 0.6 is 24.0 Å². The van der Waals surface area contributed by atoms with Crippen LogP contribution in [0.25, 0.3) is 0 Å². The van der Waals surface area contributed by atoms with Crippen LogP contribution in [0, 0.1) is 0 Å². The lowest BCUT2D eigenvalue weighted by molar-refractivity contribution is 0.282. The van der Waals surface area contributed by atoms with Crippen molar-refractivity contribution in [2.45, 2.75) is 43.5 Å². The maximum Gasteiger partial charge on any atom is 0.238 e. The van der Waals surface area contributed by atoms with E-state index < -0.39 is 10.0 Å². The van der Waals surface area contributed by atoms with E-state index in [2.05, 4.69) is 20.5 Å². The van der Waals surface area contributed by atoms with Gasteiger partial charge in [0.25, 0.3) is 0 Å². The smallest absolute Gasteiger partial charge is 0.238 e. The minimum absolute atomic E-state index is 0. The summed E-state index contributed by atoms with van der Waals surface area (Å²) in [7, 11) is -1.95. The second-order valence-corrected chi connectivity index (χ2v) is 8.22. The van der Waals surface area contributed by atoms with Gasteiger partial charge in [-0.2, -0.15) is 0 Å². The SMILES string of the molecule is CN=C(NCCCN1CCCCCC1)NCc1cccc(S(N)(=O)=O)c1.I. The van der Waals surface area contributed by atoms with Gasteiger partial charge < -0.3 is 15.5 Å². The zero-order chi connectivity index (χ0) is 18.8. The Morgan fingerprint density at radius 2 is 1.89 bits per heavy atom. The van der Waals surface area contributed by atoms with Gasteiger partial charge in [0.1, 0.15) is 0 Å². The van der Waals surface area contributed by atoms with Crippen molar-refractivity contribution in [3.05, 3.63) is 29.8 Å². The minimum Gasteiger partial charge on any atom is -0.356 e. The van der Waals surface area contributed by atoms with E-state index in [4.69, 9.17) is 5.14 Å². The molecular weight excluding hydrogens is 477 g/mol. The van der Waals surface area contributed by atoms with Gasteiger partial charge in [0.05, 0.1) is 4.90 Å². The van der Waals surface area contributed by atoms with Crippen LogP contribution in [0.15, 0.2) is 34.2 Å². The van der Waals surface area contributed by atoms with Gasteiger partial charge in [0, 0.05) is 20.1 Å². The normalized spacial score (nSPS) is 16.3. The Hall–Kier alpha value is -0.910. The molecule has 0 aromatic heterocycles. The summed E-state index contributed by atoms with van der Waals surface area (Å²) in [5.74, 6) is 0.710. The molecule has 1 aliphatic heterocycles. The van der Waals surface area contributed by atoms with Crippen LogP contribution in [-0.4, -0.2) is 52.5 Å². The summed E-state index contributed by atoms with van der Waals surface area (Å²) in [5, 5.41) is 11.7. The van der Waals surface area contributed by atoms with E-state index in [1.807, 2.05) is 6.07 Å². The van der Waals surface area contributed by atoms with Crippen molar-refractivity contribution in [3.8, 4) is 0 Å². The first kappa shape index (κ1) is 24.1. The van der Waals surface area contributed by atoms with E-state index in [1.165, 1.54) is 44.8 Å². The summed E-state index contributed by atoms with van der Waals surface area (Å²) in [5.41, 5.74) is 0.837. The van der Waals surface area contributed by atoms with Crippen molar-refractivity contribution < 1.29 is 8.42 Å². The van der Waals surface area contributed by atoms with Gasteiger partial charge >= 0.3 is 0 Å². The number of sulfonamides is 1. The van der Waals surface area contributed by atoms with Crippen LogP contribution in [0.2, 0.25) is 0 Å². The number of nitrogens with two attached hydrogens (primary N) is 1. The molecule has 7 nitrogen and oxygen atoms in total. The molecule has 1 aliphatic rings. The predicted molar refractivity (Wildman–Crippen MR) is 121 cm³/mol. The van der Waals surface area contributed by atoms with Crippen molar-refractivity contribution in [1.29, 1.82) is 0 Å². The van der Waals surface area contributed by atoms with E-state index in [0.717, 1.165) is 25.1 Å². The average Bonchev–Trinajstić information content (AvgIpc) is 2.89. The molecule has 4 N–H and O–H groups in total. The number of likely N-dealkylation sites (tertiary alicyclic amines) is 1. The number of guanidine groups is 1. The summed E-state index contributed by atoms with van der Waals surface area (Å²) in [6.45, 7) is 4.88. The van der Waals surface area contributed by atoms with E-state index in [1.54, 1.807) is 19.2 Å². The maximum absolute atomic E-state index is 11.4. The Kier molecular flexibility index (Phi) is 11.2. The fourth-order valence-electron chi connectivity index (χ4n) is 3.11. The summed E-state index contributed by atoms with van der Waals surface area (Å²) in [6.07, 6.45) is 6.42. The Balaban J connectivity index is 0.00000364. The Bertz CT molecular complexity index is 689. The second-order valence-electron chi connectivity index (χ2n) is 6.65. The monoisotopic (exact) mass is 509 g/mol. The predicted octanol–water partition coefficient (Wildman–Crippen LogP) is 1.88. The lowest BCUT2D eigenvalue weighted by Gasteiger charge is -2.20. The number of halogens is 1. The Morgan fingerprint density at radius 1 is 1.19 bits per heavy atom. The summed E-state index contributed by atoms with van der Waals surface area (Å²) >= 11 is 0. The number of hydrogen-bond donors (Lipinski definition) is 3. The van der Waals surface area contributed by atoms with Crippen molar-refractivity contribution in [2.75, 3.05) is 33.2 Å². The fourth-order valence-corrected chi connectivity index (χ4v) is 3.69. The number of hydrogen-bond acceptors (Lipinski definition) is 4. The molecule has 0 unspecified atom stereocenters. The highest BCUT2D eigenvalue weighted by atomic mass is 127. The molecule has 0 spiro atoms. The number of benzene rings is 1. The highest BCUT2D eigenvalue weighted by molar-refractivity contribution is 14.0. The van der Waals surface area contributed by atoms with Gasteiger partial charge in [0.15, 0.2) is 5.96 Å². The van der Waals surface area contributed by atoms with Gasteiger partial charge in [0.2, 0.25) is 10.0 Å². The maximum atomic E-state index is 11.4. The lowest BCUT2D eigenvalue weighted by Crippen LogP contribution is -2.38. The summed E-state index contributed by atoms with van der Waals surface area (Å²) in [6, 6.07) is 6.62. The first-order valence-corrected chi connectivity index (χ1v) is 10.8. The van der Waals surface area contributed by atoms with Crippen LogP contribution in [0.5, 0.6) is 0 Å². The minimum atomic E-state index is -3.68. The molecule has 1 aromatic rings. The van der Waals surface area contributed by atoms with Gasteiger partial charge in [-0.3, -0.25) is 4.99 Å². The van der Waals surface area contributed by atoms with Crippen LogP contribution in [0.1, 0.15) is 37.7 Å². The molecule has 0 saturated carbocycles. The van der Waals surface area contributed by atoms with E-state index in [9.17, 15) is 8.42 Å². The van der Waals surface area contributed by atoms with Crippen LogP contribution in [-0.2, 0) is 16.6 Å². The van der Waals surface area contributed by atoms with Crippen LogP contribution in [0.4, 0.5) is 0 Å². The average molecular weight is 509 g/mol. The number of nitrogens with one attached hydrogen (secondary N) is 2. The van der Waals surface area contributed by atoms with Crippen molar-refractivity contribution in [3.63, 3.8) is 0 Å². The third kappa shape index (κ3) is 9.22. The number of rotatable bonds is 7. The number of aliphatic imine (C=N–C) groups is 1. The molecule has 154 valence electrons. The first-order chi connectivity index (χ1) is 12.5. The third-order valence-corrected chi connectivity index (χ3v) is 5.46. The third-order valence-electron chi connectivity index (χ3n) is 4.55. The first-order valence-electron chi connectivity index (χ1n) is 9.27. The summed E-state index contributed by atoms with van der Waals surface area (Å²) < 4.78 is 22.8. The van der Waals surface area contributed by atoms with Crippen LogP contribution in [0.3, 0.4) is 0 Å². The number of primary sulfonamides is 1. The van der Waals surface area contributed by atoms with Crippen molar-refractivity contribution in [1.82, 2.24) is 15.5 Å². The summed E-state index contributed by atoms with van der Waals surface area (Å²) in [4.78, 5) is 6.88. The highest BCUT2D eigenvalue weighted by Crippen LogP contribution is 2.10. The Morgan fingerprint density at radius 3 is 2.52 bits per heavy atom. The molecule has 0 amide bonds. The van der Waals surface area contributed by atoms with Crippen LogP contribution < -0.4 is 15.8 Å². The van der Waals surface area contributed by atoms with E-state index in [-0.39, 0.29) is 28.9 Å². The molecule has 0 radical (unpaired) electrons. The van der Waals surface area contributed by atoms with E-state index >= 15 is 0 Å². The molecule has 0 aliphatic carbocycles. The molecule has 27 heavy (non-hydrogen) atoms. The largest absolute Gasteiger partial charge is 0.356 e. The van der Waals surface area contributed by atoms with Gasteiger partial charge in [-0.05, 0) is 56.6 Å². The lowest BCUT2D eigenvalue weighted by atomic mass is 10.2. The molecule has 0 bridgehead atoms. The quantitative estimate of drug-likeness (QED) is 0.226. The fraction of sp³-hybridized carbons (Fsp3) is 0.611. The molecular formula is C18H32IN5O2S.